The average molecular weight is 305 g/mol. The Morgan fingerprint density at radius 2 is 1.50 bits per heavy atom. The maximum atomic E-state index is 10.8. The summed E-state index contributed by atoms with van der Waals surface area (Å²) < 4.78 is 4.70. The molecular weight excluding hydrogens is 283 g/mol. The summed E-state index contributed by atoms with van der Waals surface area (Å²) in [6.07, 6.45) is 10.8. The van der Waals surface area contributed by atoms with Crippen LogP contribution in [-0.4, -0.2) is 28.9 Å². The van der Waals surface area contributed by atoms with E-state index in [1.54, 1.807) is 0 Å². The van der Waals surface area contributed by atoms with Crippen LogP contribution in [-0.2, 0) is 7.87 Å². The Labute approximate surface area is 101 Å². The molecule has 0 atom stereocenters. The molecular formula is C11H22O2Sn. The number of unbranched alkanes of at least 4 members (excludes halogenated alkanes) is 7. The molecule has 0 saturated heterocycles. The third-order valence-electron chi connectivity index (χ3n) is 2.37. The van der Waals surface area contributed by atoms with Gasteiger partial charge in [0.25, 0.3) is 0 Å². The minimum absolute atomic E-state index is 0.0154. The normalized spacial score (nSPS) is 10.1. The van der Waals surface area contributed by atoms with Crippen molar-refractivity contribution >= 4 is 28.9 Å². The van der Waals surface area contributed by atoms with E-state index in [0.717, 1.165) is 6.42 Å². The van der Waals surface area contributed by atoms with Crippen LogP contribution in [0.4, 0.5) is 0 Å². The molecule has 3 heteroatoms. The first kappa shape index (κ1) is 14.3. The zero-order valence-corrected chi connectivity index (χ0v) is 12.6. The Balaban J connectivity index is 2.95. The Bertz CT molecular complexity index is 137. The first-order valence-corrected chi connectivity index (χ1v) is 7.05. The van der Waals surface area contributed by atoms with Crippen molar-refractivity contribution in [3.63, 3.8) is 0 Å². The van der Waals surface area contributed by atoms with Gasteiger partial charge in [0.2, 0.25) is 0 Å². The molecule has 0 saturated carbocycles. The topological polar surface area (TPSA) is 26.3 Å². The molecule has 0 heterocycles. The second-order valence-electron chi connectivity index (χ2n) is 3.71. The van der Waals surface area contributed by atoms with Crippen LogP contribution >= 0.6 is 0 Å². The average Bonchev–Trinajstić information content (AvgIpc) is 2.21. The van der Waals surface area contributed by atoms with Gasteiger partial charge >= 0.3 is 101 Å². The Morgan fingerprint density at radius 3 is 2.00 bits per heavy atom. The summed E-state index contributed by atoms with van der Waals surface area (Å²) in [7, 11) is 0. The molecule has 0 fully saturated rings. The fourth-order valence-electron chi connectivity index (χ4n) is 1.46. The SMILES string of the molecule is CCCCCCCCCCC(=O)[O][SnH]. The van der Waals surface area contributed by atoms with Crippen LogP contribution in [0.2, 0.25) is 0 Å². The second kappa shape index (κ2) is 11.3. The van der Waals surface area contributed by atoms with Crippen molar-refractivity contribution in [3.05, 3.63) is 0 Å². The first-order chi connectivity index (χ1) is 6.81. The van der Waals surface area contributed by atoms with Crippen LogP contribution in [0.3, 0.4) is 0 Å². The van der Waals surface area contributed by atoms with Crippen LogP contribution in [0.25, 0.3) is 0 Å². The van der Waals surface area contributed by atoms with Crippen LogP contribution in [0.5, 0.6) is 0 Å². The van der Waals surface area contributed by atoms with Crippen molar-refractivity contribution in [1.29, 1.82) is 0 Å². The number of hydrogen-bond donors (Lipinski definition) is 0. The molecule has 0 bridgehead atoms. The van der Waals surface area contributed by atoms with Gasteiger partial charge in [-0.25, -0.2) is 0 Å². The van der Waals surface area contributed by atoms with Gasteiger partial charge in [-0.3, -0.25) is 0 Å². The van der Waals surface area contributed by atoms with E-state index in [0.29, 0.717) is 29.4 Å². The molecule has 0 aliphatic heterocycles. The molecule has 0 aliphatic carbocycles. The summed E-state index contributed by atoms with van der Waals surface area (Å²) in [6.45, 7) is 2.24. The van der Waals surface area contributed by atoms with Gasteiger partial charge in [0.05, 0.1) is 0 Å². The first-order valence-electron chi connectivity index (χ1n) is 5.70. The van der Waals surface area contributed by atoms with Gasteiger partial charge in [-0.1, -0.05) is 0 Å². The third-order valence-corrected chi connectivity index (χ3v) is 3.12. The summed E-state index contributed by atoms with van der Waals surface area (Å²) in [5, 5.41) is 0. The predicted octanol–water partition coefficient (Wildman–Crippen LogP) is 2.88. The zero-order chi connectivity index (χ0) is 10.6. The van der Waals surface area contributed by atoms with E-state index >= 15 is 0 Å². The van der Waals surface area contributed by atoms with E-state index in [1.807, 2.05) is 0 Å². The molecule has 0 aliphatic rings. The number of hydrogen-bond acceptors (Lipinski definition) is 2. The van der Waals surface area contributed by atoms with Gasteiger partial charge in [0.1, 0.15) is 0 Å². The van der Waals surface area contributed by atoms with Gasteiger partial charge in [-0.05, 0) is 0 Å². The van der Waals surface area contributed by atoms with Crippen LogP contribution < -0.4 is 0 Å². The summed E-state index contributed by atoms with van der Waals surface area (Å²) in [5.74, 6) is -0.0154. The van der Waals surface area contributed by atoms with E-state index in [2.05, 4.69) is 6.92 Å². The molecule has 2 nitrogen and oxygen atoms in total. The van der Waals surface area contributed by atoms with E-state index in [4.69, 9.17) is 3.07 Å². The fraction of sp³-hybridized carbons (Fsp3) is 0.909. The number of carbonyl (C=O) groups is 1. The summed E-state index contributed by atoms with van der Waals surface area (Å²) in [6, 6.07) is 0. The van der Waals surface area contributed by atoms with Crippen LogP contribution in [0.1, 0.15) is 64.7 Å². The van der Waals surface area contributed by atoms with Crippen LogP contribution in [0, 0.1) is 0 Å². The van der Waals surface area contributed by atoms with Crippen molar-refractivity contribution in [2.45, 2.75) is 64.7 Å². The third kappa shape index (κ3) is 10.4. The molecule has 0 unspecified atom stereocenters. The zero-order valence-electron chi connectivity index (χ0n) is 9.26. The molecule has 0 rings (SSSR count). The van der Waals surface area contributed by atoms with Gasteiger partial charge in [-0.15, -0.1) is 0 Å². The predicted molar refractivity (Wildman–Crippen MR) is 60.5 cm³/mol. The second-order valence-corrected chi connectivity index (χ2v) is 4.39. The number of rotatable bonds is 9. The van der Waals surface area contributed by atoms with Crippen molar-refractivity contribution < 1.29 is 7.87 Å². The monoisotopic (exact) mass is 306 g/mol. The standard InChI is InChI=1S/C11H22O2.Sn.H/c1-2-3-4-5-6-7-8-9-10-11(12)13;;/h2-10H2,1H3,(H,12,13);;/q;+1;/p-1. The molecule has 0 aromatic carbocycles. The van der Waals surface area contributed by atoms with Crippen molar-refractivity contribution in [3.8, 4) is 0 Å². The summed E-state index contributed by atoms with van der Waals surface area (Å²) in [5.41, 5.74) is 0. The molecule has 82 valence electrons. The molecule has 0 aromatic rings. The Kier molecular flexibility index (Phi) is 11.6. The molecule has 2 radical (unpaired) electrons. The minimum atomic E-state index is -0.0154. The summed E-state index contributed by atoms with van der Waals surface area (Å²) >= 11 is 0.602. The molecule has 0 N–H and O–H groups in total. The summed E-state index contributed by atoms with van der Waals surface area (Å²) in [4.78, 5) is 10.8. The fourth-order valence-corrected chi connectivity index (χ4v) is 1.80. The van der Waals surface area contributed by atoms with E-state index in [9.17, 15) is 4.79 Å². The molecule has 0 spiro atoms. The van der Waals surface area contributed by atoms with E-state index in [1.165, 1.54) is 44.9 Å². The Morgan fingerprint density at radius 1 is 1.00 bits per heavy atom. The van der Waals surface area contributed by atoms with Crippen molar-refractivity contribution in [2.75, 3.05) is 0 Å². The van der Waals surface area contributed by atoms with Crippen molar-refractivity contribution in [1.82, 2.24) is 0 Å². The van der Waals surface area contributed by atoms with Gasteiger partial charge in [0.15, 0.2) is 0 Å². The van der Waals surface area contributed by atoms with E-state index in [-0.39, 0.29) is 5.97 Å². The van der Waals surface area contributed by atoms with Crippen LogP contribution in [0.15, 0.2) is 0 Å². The van der Waals surface area contributed by atoms with Gasteiger partial charge in [0, 0.05) is 0 Å². The number of carbonyl (C=O) groups excluding carboxylic acids is 1. The van der Waals surface area contributed by atoms with Crippen molar-refractivity contribution in [2.24, 2.45) is 0 Å². The Hall–Kier alpha value is 0.269. The quantitative estimate of drug-likeness (QED) is 0.484. The maximum absolute atomic E-state index is 10.8. The molecule has 14 heavy (non-hydrogen) atoms. The van der Waals surface area contributed by atoms with Gasteiger partial charge in [-0.2, -0.15) is 0 Å². The van der Waals surface area contributed by atoms with E-state index < -0.39 is 0 Å². The molecule has 0 amide bonds. The molecule has 0 aromatic heterocycles. The van der Waals surface area contributed by atoms with Gasteiger partial charge < -0.3 is 0 Å².